The maximum Gasteiger partial charge on any atom is 0.331 e. The van der Waals surface area contributed by atoms with Crippen LogP contribution in [0.3, 0.4) is 0 Å². The van der Waals surface area contributed by atoms with Crippen molar-refractivity contribution in [3.8, 4) is 0 Å². The van der Waals surface area contributed by atoms with Crippen LogP contribution >= 0.6 is 0 Å². The Morgan fingerprint density at radius 2 is 0.778 bits per heavy atom. The lowest BCUT2D eigenvalue weighted by Crippen LogP contribution is -2.33. The third-order valence-electron chi connectivity index (χ3n) is 8.46. The van der Waals surface area contributed by atoms with E-state index in [1.165, 1.54) is 11.2 Å². The van der Waals surface area contributed by atoms with E-state index in [2.05, 4.69) is 25.3 Å². The molecule has 0 bridgehead atoms. The molecule has 0 aromatic heterocycles. The number of carbonyl (C=O) groups is 1. The second-order valence-corrected chi connectivity index (χ2v) is 12.2. The molecule has 10 nitrogen and oxygen atoms in total. The van der Waals surface area contributed by atoms with Crippen molar-refractivity contribution in [3.63, 3.8) is 0 Å². The molecule has 0 unspecified atom stereocenters. The summed E-state index contributed by atoms with van der Waals surface area (Å²) in [5.74, 6) is 0. The fourth-order valence-corrected chi connectivity index (χ4v) is 5.65. The number of carbonyl (C=O) groups excluding carboxylic acids is 4. The Labute approximate surface area is 311 Å². The van der Waals surface area contributed by atoms with Gasteiger partial charge in [-0.15, -0.1) is 0 Å². The molecule has 0 aliphatic carbocycles. The molecule has 0 aliphatic heterocycles. The molecule has 10 heteroatoms. The molecule has 2 amide bonds. The lowest BCUT2D eigenvalue weighted by atomic mass is 10.0. The van der Waals surface area contributed by atoms with Gasteiger partial charge < -0.3 is 5.32 Å². The zero-order valence-electron chi connectivity index (χ0n) is 28.9. The molecule has 6 aromatic carbocycles. The van der Waals surface area contributed by atoms with Gasteiger partial charge in [-0.05, 0) is 125 Å². The lowest BCUT2D eigenvalue weighted by molar-refractivity contribution is 0.259. The highest BCUT2D eigenvalue weighted by Gasteiger charge is 2.15. The largest absolute Gasteiger partial charge is 0.331 e. The van der Waals surface area contributed by atoms with E-state index in [9.17, 15) is 19.2 Å². The van der Waals surface area contributed by atoms with Gasteiger partial charge in [0.15, 0.2) is 0 Å². The fourth-order valence-electron chi connectivity index (χ4n) is 5.65. The Hall–Kier alpha value is -7.60. The maximum absolute atomic E-state index is 13.8. The number of urea groups is 1. The van der Waals surface area contributed by atoms with Gasteiger partial charge in [-0.3, -0.25) is 4.90 Å². The number of nitrogens with one attached hydrogen (secondary N) is 1. The highest BCUT2D eigenvalue weighted by molar-refractivity contribution is 6.13. The van der Waals surface area contributed by atoms with E-state index < -0.39 is 6.03 Å². The first-order valence-electron chi connectivity index (χ1n) is 16.9. The Bertz CT molecular complexity index is 2370. The number of nitrogens with zero attached hydrogens (tertiary/aromatic N) is 5. The fraction of sp³-hybridized carbons (Fsp3) is 0.0682. The van der Waals surface area contributed by atoms with Gasteiger partial charge in [0.05, 0.1) is 28.4 Å². The predicted octanol–water partition coefficient (Wildman–Crippen LogP) is 9.76. The number of benzene rings is 6. The number of hydrogen-bond acceptors (Lipinski definition) is 8. The van der Waals surface area contributed by atoms with Gasteiger partial charge in [-0.2, -0.15) is 15.0 Å². The van der Waals surface area contributed by atoms with Crippen molar-refractivity contribution in [1.29, 1.82) is 0 Å². The van der Waals surface area contributed by atoms with Crippen molar-refractivity contribution < 1.29 is 19.2 Å². The number of aliphatic imine (C=N–C) groups is 4. The van der Waals surface area contributed by atoms with Crippen LogP contribution in [0.1, 0.15) is 33.4 Å². The summed E-state index contributed by atoms with van der Waals surface area (Å²) in [6.45, 7) is 0. The van der Waals surface area contributed by atoms with Crippen molar-refractivity contribution in [2.75, 3.05) is 10.2 Å². The minimum Gasteiger partial charge on any atom is -0.307 e. The number of hydrogen-bond donors (Lipinski definition) is 1. The van der Waals surface area contributed by atoms with E-state index in [0.29, 0.717) is 53.4 Å². The van der Waals surface area contributed by atoms with Crippen molar-refractivity contribution in [2.24, 2.45) is 20.0 Å². The molecule has 0 saturated carbocycles. The molecule has 54 heavy (non-hydrogen) atoms. The summed E-state index contributed by atoms with van der Waals surface area (Å²) >= 11 is 0. The quantitative estimate of drug-likeness (QED) is 0.0726. The summed E-state index contributed by atoms with van der Waals surface area (Å²) in [6, 6.07) is 44.7. The van der Waals surface area contributed by atoms with Gasteiger partial charge >= 0.3 is 6.03 Å². The van der Waals surface area contributed by atoms with Gasteiger partial charge in [0.2, 0.25) is 18.2 Å². The first-order valence-corrected chi connectivity index (χ1v) is 16.9. The Morgan fingerprint density at radius 3 is 1.13 bits per heavy atom. The van der Waals surface area contributed by atoms with E-state index in [4.69, 9.17) is 0 Å². The van der Waals surface area contributed by atoms with Crippen molar-refractivity contribution in [3.05, 3.63) is 179 Å². The van der Waals surface area contributed by atoms with Crippen molar-refractivity contribution in [2.45, 2.75) is 19.3 Å². The molecular formula is C44H32N6O4. The molecule has 0 radical (unpaired) electrons. The summed E-state index contributed by atoms with van der Waals surface area (Å²) in [4.78, 5) is 62.4. The van der Waals surface area contributed by atoms with Gasteiger partial charge in [0.1, 0.15) is 6.34 Å². The van der Waals surface area contributed by atoms with E-state index >= 15 is 0 Å². The van der Waals surface area contributed by atoms with Crippen LogP contribution in [0.4, 0.5) is 38.9 Å². The molecular weight excluding hydrogens is 677 g/mol. The first kappa shape index (κ1) is 36.2. The molecule has 0 heterocycles. The molecule has 0 spiro atoms. The Kier molecular flexibility index (Phi) is 12.1. The second-order valence-electron chi connectivity index (χ2n) is 12.2. The Balaban J connectivity index is 1.17. The molecule has 0 saturated heterocycles. The van der Waals surface area contributed by atoms with Crippen LogP contribution in [0.25, 0.3) is 0 Å². The lowest BCUT2D eigenvalue weighted by Gasteiger charge is -2.19. The molecule has 0 aliphatic rings. The van der Waals surface area contributed by atoms with Crippen LogP contribution < -0.4 is 10.2 Å². The van der Waals surface area contributed by atoms with Crippen LogP contribution in [0, 0.1) is 0 Å². The number of isocyanates is 3. The standard InChI is InChI=1S/C44H32N6O4/c51-29-46-39-15-3-33(4-16-39)25-32-1-13-38(14-2-32)45-28-50(43-23-11-37(12-24-43)27-35-7-19-41(20-8-35)48-31-53)44(54)49-42-21-9-36(10-22-42)26-34-5-17-40(18-6-34)47-30-52/h1-24,28H,25-27H2,(H,49,54). The average molecular weight is 709 g/mol. The highest BCUT2D eigenvalue weighted by atomic mass is 16.2. The van der Waals surface area contributed by atoms with E-state index in [1.807, 2.05) is 109 Å². The van der Waals surface area contributed by atoms with Crippen LogP contribution in [0.15, 0.2) is 166 Å². The second kappa shape index (κ2) is 18.1. The molecule has 262 valence electrons. The third-order valence-corrected chi connectivity index (χ3v) is 8.46. The smallest absolute Gasteiger partial charge is 0.307 e. The monoisotopic (exact) mass is 708 g/mol. The first-order chi connectivity index (χ1) is 26.5. The van der Waals surface area contributed by atoms with E-state index in [1.54, 1.807) is 54.6 Å². The Morgan fingerprint density at radius 1 is 0.463 bits per heavy atom. The zero-order chi connectivity index (χ0) is 37.5. The summed E-state index contributed by atoms with van der Waals surface area (Å²) < 4.78 is 0. The van der Waals surface area contributed by atoms with Crippen molar-refractivity contribution in [1.82, 2.24) is 0 Å². The van der Waals surface area contributed by atoms with Gasteiger partial charge in [0, 0.05) is 5.69 Å². The summed E-state index contributed by atoms with van der Waals surface area (Å²) in [6.07, 6.45) is 8.16. The predicted molar refractivity (Wildman–Crippen MR) is 210 cm³/mol. The van der Waals surface area contributed by atoms with Crippen molar-refractivity contribution >= 4 is 64.7 Å². The molecule has 6 aromatic rings. The SMILES string of the molecule is O=C=Nc1ccc(Cc2ccc(N=CN(C(=O)Nc3ccc(Cc4ccc(N=C=O)cc4)cc3)c3ccc(Cc4ccc(N=C=O)cc4)cc3)cc2)cc1. The van der Waals surface area contributed by atoms with Gasteiger partial charge in [0.25, 0.3) is 0 Å². The highest BCUT2D eigenvalue weighted by Crippen LogP contribution is 2.23. The molecule has 1 N–H and O–H groups in total. The molecule has 0 atom stereocenters. The van der Waals surface area contributed by atoms with Crippen LogP contribution in [-0.2, 0) is 33.6 Å². The topological polar surface area (TPSA) is 133 Å². The minimum absolute atomic E-state index is 0.393. The summed E-state index contributed by atoms with van der Waals surface area (Å²) in [5, 5.41) is 2.99. The van der Waals surface area contributed by atoms with Gasteiger partial charge in [-0.25, -0.2) is 24.2 Å². The average Bonchev–Trinajstić information content (AvgIpc) is 3.19. The van der Waals surface area contributed by atoms with E-state index in [-0.39, 0.29) is 0 Å². The zero-order valence-corrected chi connectivity index (χ0v) is 28.9. The molecule has 6 rings (SSSR count). The van der Waals surface area contributed by atoms with Crippen LogP contribution in [-0.4, -0.2) is 30.6 Å². The minimum atomic E-state index is -0.393. The maximum atomic E-state index is 13.8. The number of rotatable bonds is 13. The molecule has 0 fully saturated rings. The number of anilines is 2. The van der Waals surface area contributed by atoms with E-state index in [0.717, 1.165) is 33.4 Å². The third kappa shape index (κ3) is 10.2. The number of amides is 2. The van der Waals surface area contributed by atoms with Gasteiger partial charge in [-0.1, -0.05) is 72.8 Å². The summed E-state index contributed by atoms with van der Waals surface area (Å²) in [7, 11) is 0. The van der Waals surface area contributed by atoms with Crippen LogP contribution in [0.5, 0.6) is 0 Å². The van der Waals surface area contributed by atoms with Crippen LogP contribution in [0.2, 0.25) is 0 Å². The summed E-state index contributed by atoms with van der Waals surface area (Å²) in [5.41, 5.74) is 9.88. The normalized spacial score (nSPS) is 10.4.